The number of methoxy groups -OCH3 is 1. The van der Waals surface area contributed by atoms with Crippen LogP contribution in [0.25, 0.3) is 22.3 Å². The van der Waals surface area contributed by atoms with Crippen molar-refractivity contribution in [3.63, 3.8) is 0 Å². The molecule has 0 aliphatic heterocycles. The topological polar surface area (TPSA) is 12.5 Å². The fourth-order valence-electron chi connectivity index (χ4n) is 5.54. The molecular weight excluding hydrogens is 390 g/mol. The summed E-state index contributed by atoms with van der Waals surface area (Å²) in [6, 6.07) is 26.7. The second kappa shape index (κ2) is 10.0. The number of fused-ring (bicyclic) bond motifs is 1. The molecule has 0 bridgehead atoms. The van der Waals surface area contributed by atoms with Crippen molar-refractivity contribution in [2.75, 3.05) is 20.2 Å². The van der Waals surface area contributed by atoms with Gasteiger partial charge in [0.25, 0.3) is 0 Å². The average Bonchev–Trinajstić information content (AvgIpc) is 2.84. The Morgan fingerprint density at radius 3 is 1.97 bits per heavy atom. The summed E-state index contributed by atoms with van der Waals surface area (Å²) in [5.74, 6) is 0. The maximum Gasteiger partial charge on any atom is 0.0797 e. The molecule has 0 aromatic heterocycles. The van der Waals surface area contributed by atoms with E-state index in [1.807, 2.05) is 7.11 Å². The second-order valence-electron chi connectivity index (χ2n) is 9.21. The summed E-state index contributed by atoms with van der Waals surface area (Å²) in [4.78, 5) is 2.66. The number of ether oxygens (including phenoxy) is 1. The molecule has 0 radical (unpaired) electrons. The van der Waals surface area contributed by atoms with E-state index in [2.05, 4.69) is 98.5 Å². The van der Waals surface area contributed by atoms with Crippen molar-refractivity contribution in [3.05, 3.63) is 83.9 Å². The van der Waals surface area contributed by atoms with Crippen molar-refractivity contribution >= 4 is 0 Å². The predicted octanol–water partition coefficient (Wildman–Crippen LogP) is 7.32. The van der Waals surface area contributed by atoms with E-state index in [0.717, 1.165) is 38.8 Å². The van der Waals surface area contributed by atoms with Crippen LogP contribution in [-0.4, -0.2) is 31.2 Å². The van der Waals surface area contributed by atoms with Crippen LogP contribution in [0, 0.1) is 0 Å². The average molecular weight is 428 g/mol. The molecule has 0 saturated heterocycles. The fourth-order valence-corrected chi connectivity index (χ4v) is 5.54. The highest BCUT2D eigenvalue weighted by molar-refractivity contribution is 5.71. The zero-order valence-corrected chi connectivity index (χ0v) is 20.1. The van der Waals surface area contributed by atoms with Gasteiger partial charge in [0, 0.05) is 7.11 Å². The minimum Gasteiger partial charge on any atom is -0.379 e. The molecule has 32 heavy (non-hydrogen) atoms. The molecule has 2 heteroatoms. The molecule has 3 aromatic rings. The SMILES string of the molecule is CCCN(CCC)C1(C)c2ccc(-c3ccc(-c4ccccc4)cc3)cc2CCC1OC. The Morgan fingerprint density at radius 2 is 1.38 bits per heavy atom. The Hall–Kier alpha value is -2.42. The fraction of sp³-hybridized carbons (Fsp3) is 0.400. The molecule has 0 spiro atoms. The van der Waals surface area contributed by atoms with Gasteiger partial charge in [-0.25, -0.2) is 0 Å². The van der Waals surface area contributed by atoms with Gasteiger partial charge in [-0.1, -0.05) is 86.6 Å². The third kappa shape index (κ3) is 4.27. The van der Waals surface area contributed by atoms with Gasteiger partial charge in [-0.2, -0.15) is 0 Å². The first-order chi connectivity index (χ1) is 15.6. The molecule has 2 nitrogen and oxygen atoms in total. The van der Waals surface area contributed by atoms with E-state index in [1.54, 1.807) is 0 Å². The van der Waals surface area contributed by atoms with E-state index in [4.69, 9.17) is 4.74 Å². The van der Waals surface area contributed by atoms with E-state index in [0.29, 0.717) is 0 Å². The number of benzene rings is 3. The minimum absolute atomic E-state index is 0.0793. The van der Waals surface area contributed by atoms with Gasteiger partial charge < -0.3 is 4.74 Å². The molecule has 2 unspecified atom stereocenters. The summed E-state index contributed by atoms with van der Waals surface area (Å²) >= 11 is 0. The zero-order valence-electron chi connectivity index (χ0n) is 20.1. The van der Waals surface area contributed by atoms with Crippen molar-refractivity contribution in [1.29, 1.82) is 0 Å². The molecule has 2 atom stereocenters. The first-order valence-corrected chi connectivity index (χ1v) is 12.2. The highest BCUT2D eigenvalue weighted by Gasteiger charge is 2.44. The molecule has 1 aliphatic carbocycles. The van der Waals surface area contributed by atoms with Crippen LogP contribution in [0.1, 0.15) is 51.2 Å². The van der Waals surface area contributed by atoms with Gasteiger partial charge in [0.15, 0.2) is 0 Å². The van der Waals surface area contributed by atoms with Crippen molar-refractivity contribution in [3.8, 4) is 22.3 Å². The van der Waals surface area contributed by atoms with E-state index < -0.39 is 0 Å². The molecule has 0 heterocycles. The van der Waals surface area contributed by atoms with E-state index in [1.165, 1.54) is 33.4 Å². The number of rotatable bonds is 8. The van der Waals surface area contributed by atoms with Gasteiger partial charge in [-0.15, -0.1) is 0 Å². The van der Waals surface area contributed by atoms with Crippen molar-refractivity contribution in [2.24, 2.45) is 0 Å². The summed E-state index contributed by atoms with van der Waals surface area (Å²) in [5, 5.41) is 0. The summed E-state index contributed by atoms with van der Waals surface area (Å²) in [6.45, 7) is 9.16. The number of nitrogens with zero attached hydrogens (tertiary/aromatic N) is 1. The van der Waals surface area contributed by atoms with Gasteiger partial charge >= 0.3 is 0 Å². The third-order valence-corrected chi connectivity index (χ3v) is 7.21. The highest BCUT2D eigenvalue weighted by atomic mass is 16.5. The van der Waals surface area contributed by atoms with Crippen LogP contribution in [0.2, 0.25) is 0 Å². The monoisotopic (exact) mass is 427 g/mol. The zero-order chi connectivity index (χ0) is 22.6. The van der Waals surface area contributed by atoms with Crippen LogP contribution in [-0.2, 0) is 16.7 Å². The van der Waals surface area contributed by atoms with Gasteiger partial charge in [0.2, 0.25) is 0 Å². The van der Waals surface area contributed by atoms with Crippen molar-refractivity contribution < 1.29 is 4.74 Å². The lowest BCUT2D eigenvalue weighted by Crippen LogP contribution is -2.55. The molecule has 0 amide bonds. The summed E-state index contributed by atoms with van der Waals surface area (Å²) in [6.07, 6.45) is 4.69. The van der Waals surface area contributed by atoms with Crippen LogP contribution < -0.4 is 0 Å². The highest BCUT2D eigenvalue weighted by Crippen LogP contribution is 2.43. The largest absolute Gasteiger partial charge is 0.379 e. The van der Waals surface area contributed by atoms with Crippen molar-refractivity contribution in [1.82, 2.24) is 4.90 Å². The summed E-state index contributed by atoms with van der Waals surface area (Å²) in [5.41, 5.74) is 7.95. The standard InChI is InChI=1S/C30H37NO/c1-5-20-31(21-6-2)30(3)28-18-16-26(22-27(28)17-19-29(30)32-4)25-14-12-24(13-15-25)23-10-8-7-9-11-23/h7-16,18,22,29H,5-6,17,19-21H2,1-4H3. The van der Waals surface area contributed by atoms with Crippen LogP contribution in [0.4, 0.5) is 0 Å². The van der Waals surface area contributed by atoms with Crippen LogP contribution in [0.3, 0.4) is 0 Å². The molecule has 1 aliphatic rings. The Kier molecular flexibility index (Phi) is 7.13. The van der Waals surface area contributed by atoms with Crippen LogP contribution in [0.5, 0.6) is 0 Å². The lowest BCUT2D eigenvalue weighted by atomic mass is 9.73. The smallest absolute Gasteiger partial charge is 0.0797 e. The lowest BCUT2D eigenvalue weighted by Gasteiger charge is -2.49. The third-order valence-electron chi connectivity index (χ3n) is 7.21. The molecular formula is C30H37NO. The van der Waals surface area contributed by atoms with Crippen LogP contribution in [0.15, 0.2) is 72.8 Å². The summed E-state index contributed by atoms with van der Waals surface area (Å²) in [7, 11) is 1.88. The molecule has 168 valence electrons. The van der Waals surface area contributed by atoms with Gasteiger partial charge in [0.1, 0.15) is 0 Å². The van der Waals surface area contributed by atoms with Gasteiger partial charge in [-0.05, 0) is 79.1 Å². The first kappa shape index (κ1) is 22.8. The molecule has 3 aromatic carbocycles. The summed E-state index contributed by atoms with van der Waals surface area (Å²) < 4.78 is 6.07. The van der Waals surface area contributed by atoms with E-state index in [-0.39, 0.29) is 11.6 Å². The Labute approximate surface area is 194 Å². The van der Waals surface area contributed by atoms with Crippen molar-refractivity contribution in [2.45, 2.75) is 58.1 Å². The maximum atomic E-state index is 6.07. The van der Waals surface area contributed by atoms with E-state index in [9.17, 15) is 0 Å². The second-order valence-corrected chi connectivity index (χ2v) is 9.21. The Bertz CT molecular complexity index is 1000. The predicted molar refractivity (Wildman–Crippen MR) is 136 cm³/mol. The molecule has 0 saturated carbocycles. The number of hydrogen-bond donors (Lipinski definition) is 0. The van der Waals surface area contributed by atoms with Gasteiger partial charge in [-0.3, -0.25) is 4.90 Å². The Balaban J connectivity index is 1.68. The van der Waals surface area contributed by atoms with Crippen LogP contribution >= 0.6 is 0 Å². The molecule has 4 rings (SSSR count). The molecule has 0 fully saturated rings. The number of aryl methyl sites for hydroxylation is 1. The lowest BCUT2D eigenvalue weighted by molar-refractivity contribution is -0.0605. The molecule has 0 N–H and O–H groups in total. The van der Waals surface area contributed by atoms with Gasteiger partial charge in [0.05, 0.1) is 11.6 Å². The normalized spacial score (nSPS) is 20.3. The Morgan fingerprint density at radius 1 is 0.812 bits per heavy atom. The quantitative estimate of drug-likeness (QED) is 0.373. The minimum atomic E-state index is -0.0793. The van der Waals surface area contributed by atoms with E-state index >= 15 is 0 Å². The number of hydrogen-bond acceptors (Lipinski definition) is 2. The first-order valence-electron chi connectivity index (χ1n) is 12.2. The maximum absolute atomic E-state index is 6.07.